The molecule has 138 valence electrons. The van der Waals surface area contributed by atoms with Crippen molar-refractivity contribution in [2.45, 2.75) is 65.3 Å². The highest BCUT2D eigenvalue weighted by Gasteiger charge is 2.48. The summed E-state index contributed by atoms with van der Waals surface area (Å²) < 4.78 is 11.1. The molecule has 5 heteroatoms. The van der Waals surface area contributed by atoms with Crippen molar-refractivity contribution in [3.63, 3.8) is 0 Å². The van der Waals surface area contributed by atoms with Gasteiger partial charge in [-0.25, -0.2) is 4.79 Å². The van der Waals surface area contributed by atoms with E-state index in [1.54, 1.807) is 0 Å². The summed E-state index contributed by atoms with van der Waals surface area (Å²) in [5.74, 6) is -1.69. The van der Waals surface area contributed by atoms with Gasteiger partial charge in [0.05, 0.1) is 11.8 Å². The molecule has 0 aromatic rings. The summed E-state index contributed by atoms with van der Waals surface area (Å²) in [6.45, 7) is 11.3. The van der Waals surface area contributed by atoms with Crippen LogP contribution in [0.3, 0.4) is 0 Å². The molecule has 5 atom stereocenters. The SMILES string of the molecule is C=C1C(=O)O[C@@H]2[C@@H]1[C@H](OC(=O)[C@H](C)CC)/C=C(\C)CC/C=C(\C)[C@@H]2O. The van der Waals surface area contributed by atoms with Crippen molar-refractivity contribution in [2.24, 2.45) is 11.8 Å². The van der Waals surface area contributed by atoms with Gasteiger partial charge in [-0.2, -0.15) is 0 Å². The minimum atomic E-state index is -0.940. The van der Waals surface area contributed by atoms with Crippen molar-refractivity contribution in [1.29, 1.82) is 0 Å². The Kier molecular flexibility index (Phi) is 6.22. The van der Waals surface area contributed by atoms with Gasteiger partial charge in [-0.15, -0.1) is 0 Å². The third kappa shape index (κ3) is 4.21. The Morgan fingerprint density at radius 1 is 1.48 bits per heavy atom. The molecule has 5 nitrogen and oxygen atoms in total. The van der Waals surface area contributed by atoms with Gasteiger partial charge >= 0.3 is 11.9 Å². The van der Waals surface area contributed by atoms with Gasteiger partial charge in [0.2, 0.25) is 0 Å². The molecule has 2 rings (SSSR count). The maximum absolute atomic E-state index is 12.3. The molecule has 0 amide bonds. The molecule has 0 unspecified atom stereocenters. The smallest absolute Gasteiger partial charge is 0.334 e. The number of ether oxygens (including phenoxy) is 2. The molecular formula is C20H28O5. The van der Waals surface area contributed by atoms with Gasteiger partial charge in [0.15, 0.2) is 0 Å². The van der Waals surface area contributed by atoms with Gasteiger partial charge < -0.3 is 14.6 Å². The van der Waals surface area contributed by atoms with E-state index in [4.69, 9.17) is 9.47 Å². The van der Waals surface area contributed by atoms with E-state index >= 15 is 0 Å². The topological polar surface area (TPSA) is 72.8 Å². The summed E-state index contributed by atoms with van der Waals surface area (Å²) >= 11 is 0. The van der Waals surface area contributed by atoms with Crippen molar-refractivity contribution in [1.82, 2.24) is 0 Å². The molecule has 0 aromatic carbocycles. The monoisotopic (exact) mass is 348 g/mol. The molecule has 0 bridgehead atoms. The highest BCUT2D eigenvalue weighted by atomic mass is 16.6. The Hall–Kier alpha value is -1.88. The second kappa shape index (κ2) is 8.00. The summed E-state index contributed by atoms with van der Waals surface area (Å²) in [4.78, 5) is 24.4. The first-order chi connectivity index (χ1) is 11.8. The van der Waals surface area contributed by atoms with E-state index in [0.717, 1.165) is 24.0 Å². The number of carbonyl (C=O) groups excluding carboxylic acids is 2. The molecule has 0 spiro atoms. The zero-order valence-electron chi connectivity index (χ0n) is 15.5. The molecule has 1 heterocycles. The van der Waals surface area contributed by atoms with Crippen LogP contribution in [-0.4, -0.2) is 35.4 Å². The number of hydrogen-bond donors (Lipinski definition) is 1. The molecule has 1 aliphatic carbocycles. The van der Waals surface area contributed by atoms with Crippen LogP contribution in [0.5, 0.6) is 0 Å². The van der Waals surface area contributed by atoms with Crippen molar-refractivity contribution in [2.75, 3.05) is 0 Å². The number of fused-ring (bicyclic) bond motifs is 1. The predicted octanol–water partition coefficient (Wildman–Crippen LogP) is 3.09. The van der Waals surface area contributed by atoms with E-state index in [-0.39, 0.29) is 17.5 Å². The molecule has 1 aliphatic heterocycles. The fourth-order valence-corrected chi connectivity index (χ4v) is 3.15. The fraction of sp³-hybridized carbons (Fsp3) is 0.600. The number of rotatable bonds is 3. The van der Waals surface area contributed by atoms with Crippen LogP contribution in [0, 0.1) is 11.8 Å². The van der Waals surface area contributed by atoms with Gasteiger partial charge in [0.25, 0.3) is 0 Å². The number of aliphatic hydroxyl groups excluding tert-OH is 1. The average molecular weight is 348 g/mol. The van der Waals surface area contributed by atoms with E-state index in [2.05, 4.69) is 6.58 Å². The van der Waals surface area contributed by atoms with Crippen LogP contribution in [-0.2, 0) is 19.1 Å². The van der Waals surface area contributed by atoms with E-state index in [1.807, 2.05) is 39.8 Å². The van der Waals surface area contributed by atoms with Gasteiger partial charge in [0.1, 0.15) is 18.3 Å². The molecule has 0 radical (unpaired) electrons. The van der Waals surface area contributed by atoms with Gasteiger partial charge in [0, 0.05) is 5.57 Å². The number of hydrogen-bond acceptors (Lipinski definition) is 5. The summed E-state index contributed by atoms with van der Waals surface area (Å²) in [5.41, 5.74) is 2.05. The first-order valence-corrected chi connectivity index (χ1v) is 8.88. The summed E-state index contributed by atoms with van der Waals surface area (Å²) in [7, 11) is 0. The molecule has 25 heavy (non-hydrogen) atoms. The Morgan fingerprint density at radius 2 is 2.16 bits per heavy atom. The molecular weight excluding hydrogens is 320 g/mol. The molecule has 2 aliphatic rings. The minimum absolute atomic E-state index is 0.236. The zero-order valence-corrected chi connectivity index (χ0v) is 15.5. The van der Waals surface area contributed by atoms with Crippen LogP contribution in [0.2, 0.25) is 0 Å². The number of aliphatic hydroxyl groups is 1. The molecule has 0 aromatic heterocycles. The lowest BCUT2D eigenvalue weighted by atomic mass is 9.84. The lowest BCUT2D eigenvalue weighted by Crippen LogP contribution is -2.40. The minimum Gasteiger partial charge on any atom is -0.457 e. The number of carbonyl (C=O) groups is 2. The van der Waals surface area contributed by atoms with Crippen LogP contribution in [0.1, 0.15) is 47.0 Å². The number of esters is 2. The Bertz CT molecular complexity index is 616. The van der Waals surface area contributed by atoms with Crippen LogP contribution in [0.15, 0.2) is 35.5 Å². The Morgan fingerprint density at radius 3 is 2.80 bits per heavy atom. The van der Waals surface area contributed by atoms with Crippen LogP contribution < -0.4 is 0 Å². The maximum Gasteiger partial charge on any atom is 0.334 e. The van der Waals surface area contributed by atoms with Crippen molar-refractivity contribution >= 4 is 11.9 Å². The van der Waals surface area contributed by atoms with Crippen molar-refractivity contribution in [3.8, 4) is 0 Å². The van der Waals surface area contributed by atoms with E-state index in [0.29, 0.717) is 6.42 Å². The average Bonchev–Trinajstić information content (AvgIpc) is 2.87. The summed E-state index contributed by atoms with van der Waals surface area (Å²) in [6.07, 6.45) is 3.64. The molecule has 1 N–H and O–H groups in total. The third-order valence-corrected chi connectivity index (χ3v) is 5.11. The Balaban J connectivity index is 2.42. The molecule has 1 saturated heterocycles. The number of allylic oxidation sites excluding steroid dienone is 2. The first kappa shape index (κ1) is 19.4. The zero-order chi connectivity index (χ0) is 18.7. The first-order valence-electron chi connectivity index (χ1n) is 8.88. The molecule has 1 fully saturated rings. The lowest BCUT2D eigenvalue weighted by Gasteiger charge is -2.30. The van der Waals surface area contributed by atoms with Crippen molar-refractivity contribution in [3.05, 3.63) is 35.5 Å². The predicted molar refractivity (Wildman–Crippen MR) is 94.6 cm³/mol. The van der Waals surface area contributed by atoms with Crippen molar-refractivity contribution < 1.29 is 24.2 Å². The quantitative estimate of drug-likeness (QED) is 0.482. The molecule has 0 saturated carbocycles. The largest absolute Gasteiger partial charge is 0.457 e. The normalized spacial score (nSPS) is 35.6. The summed E-state index contributed by atoms with van der Waals surface area (Å²) in [6, 6.07) is 0. The second-order valence-corrected chi connectivity index (χ2v) is 7.08. The highest BCUT2D eigenvalue weighted by molar-refractivity contribution is 5.91. The fourth-order valence-electron chi connectivity index (χ4n) is 3.15. The standard InChI is InChI=1S/C20H28O5/c1-6-12(3)19(22)24-15-10-11(2)8-7-9-13(4)17(21)18-16(15)14(5)20(23)25-18/h9-10,12,15-18,21H,5-8H2,1-4H3/b11-10+,13-9+/t12-,15-,16+,17+,18-/m1/s1. The Labute approximate surface area is 149 Å². The third-order valence-electron chi connectivity index (χ3n) is 5.11. The maximum atomic E-state index is 12.3. The highest BCUT2D eigenvalue weighted by Crippen LogP contribution is 2.37. The summed E-state index contributed by atoms with van der Waals surface area (Å²) in [5, 5.41) is 10.6. The van der Waals surface area contributed by atoms with Gasteiger partial charge in [-0.1, -0.05) is 32.1 Å². The van der Waals surface area contributed by atoms with E-state index < -0.39 is 30.2 Å². The van der Waals surface area contributed by atoms with Gasteiger partial charge in [-0.05, 0) is 44.8 Å². The van der Waals surface area contributed by atoms with Crippen LogP contribution in [0.25, 0.3) is 0 Å². The van der Waals surface area contributed by atoms with Gasteiger partial charge in [-0.3, -0.25) is 4.79 Å². The lowest BCUT2D eigenvalue weighted by molar-refractivity contribution is -0.155. The van der Waals surface area contributed by atoms with E-state index in [1.165, 1.54) is 0 Å². The van der Waals surface area contributed by atoms with E-state index in [9.17, 15) is 14.7 Å². The van der Waals surface area contributed by atoms with Crippen LogP contribution in [0.4, 0.5) is 0 Å². The second-order valence-electron chi connectivity index (χ2n) is 7.08. The van der Waals surface area contributed by atoms with Crippen LogP contribution >= 0.6 is 0 Å².